The number of aliphatic hydroxyl groups is 2. The van der Waals surface area contributed by atoms with Crippen LogP contribution in [0.4, 0.5) is 0 Å². The van der Waals surface area contributed by atoms with Crippen LogP contribution in [-0.2, 0) is 29.0 Å². The quantitative estimate of drug-likeness (QED) is 0.234. The second-order valence-corrected chi connectivity index (χ2v) is 13.0. The van der Waals surface area contributed by atoms with Crippen molar-refractivity contribution in [1.29, 1.82) is 0 Å². The fourth-order valence-corrected chi connectivity index (χ4v) is 6.53. The minimum absolute atomic E-state index is 0.0424. The highest BCUT2D eigenvalue weighted by Crippen LogP contribution is 2.32. The summed E-state index contributed by atoms with van der Waals surface area (Å²) in [4.78, 5) is 35.8. The highest BCUT2D eigenvalue weighted by Gasteiger charge is 2.36. The lowest BCUT2D eigenvalue weighted by Crippen LogP contribution is -2.60. The van der Waals surface area contributed by atoms with Gasteiger partial charge in [0.05, 0.1) is 18.2 Å². The van der Waals surface area contributed by atoms with Crippen LogP contribution >= 0.6 is 0 Å². The van der Waals surface area contributed by atoms with E-state index in [0.29, 0.717) is 44.9 Å². The number of hydrogen-bond acceptors (Lipinski definition) is 7. The molecule has 0 spiro atoms. The van der Waals surface area contributed by atoms with E-state index in [9.17, 15) is 19.8 Å². The van der Waals surface area contributed by atoms with Gasteiger partial charge >= 0.3 is 0 Å². The van der Waals surface area contributed by atoms with Crippen LogP contribution in [0, 0.1) is 11.8 Å². The molecule has 2 amide bonds. The minimum atomic E-state index is -0.824. The van der Waals surface area contributed by atoms with Crippen LogP contribution in [0.25, 0.3) is 0 Å². The number of carbonyl (C=O) groups is 2. The van der Waals surface area contributed by atoms with Gasteiger partial charge in [0, 0.05) is 64.0 Å². The molecule has 4 N–H and O–H groups in total. The smallest absolute Gasteiger partial charge is 0.238 e. The number of hydrogen-bond donors (Lipinski definition) is 4. The van der Waals surface area contributed by atoms with E-state index in [4.69, 9.17) is 0 Å². The van der Waals surface area contributed by atoms with Gasteiger partial charge in [-0.25, -0.2) is 0 Å². The highest BCUT2D eigenvalue weighted by atomic mass is 16.3. The number of pyridine rings is 1. The summed E-state index contributed by atoms with van der Waals surface area (Å²) in [5, 5.41) is 28.5. The number of rotatable bonds is 13. The Kier molecular flexibility index (Phi) is 11.3. The number of nitrogens with zero attached hydrogens (tertiary/aromatic N) is 3. The average molecular weight is 614 g/mol. The molecule has 1 saturated heterocycles. The van der Waals surface area contributed by atoms with Crippen LogP contribution in [0.5, 0.6) is 0 Å². The fraction of sp³-hybridized carbons (Fsp3) is 0.472. The number of fused-ring (bicyclic) bond motifs is 1. The van der Waals surface area contributed by atoms with Gasteiger partial charge < -0.3 is 20.8 Å². The number of carbonyl (C=O) groups excluding carboxylic acids is 2. The van der Waals surface area contributed by atoms with Crippen molar-refractivity contribution in [2.75, 3.05) is 32.7 Å². The Morgan fingerprint density at radius 1 is 1.00 bits per heavy atom. The zero-order valence-corrected chi connectivity index (χ0v) is 26.4. The summed E-state index contributed by atoms with van der Waals surface area (Å²) in [6, 6.07) is 20.7. The molecule has 5 rings (SSSR count). The zero-order chi connectivity index (χ0) is 31.8. The number of aromatic nitrogens is 1. The molecule has 240 valence electrons. The summed E-state index contributed by atoms with van der Waals surface area (Å²) in [6.07, 6.45) is 3.29. The summed E-state index contributed by atoms with van der Waals surface area (Å²) in [6.45, 7) is 7.63. The van der Waals surface area contributed by atoms with Crippen LogP contribution in [0.2, 0.25) is 0 Å². The lowest BCUT2D eigenvalue weighted by atomic mass is 9.91. The molecule has 2 heterocycles. The first-order valence-corrected chi connectivity index (χ1v) is 16.2. The standard InChI is InChI=1S/C36H47N5O4/c1-25(2)20-38-36(45)32-24-40(22-27-11-8-14-37-21-27)15-16-41(32)23-30(42)18-29(17-26-9-4-3-5-10-26)35(44)39-34-31-13-7-6-12-28(31)19-33(34)43/h3-14,21,25,29-30,32-34,42-43H,15-20,22-24H2,1-2H3,(H,38,45)(H,39,44)/t29-,30-,32?,33+,34-/m0/s1. The maximum absolute atomic E-state index is 13.8. The molecular formula is C36H47N5O4. The summed E-state index contributed by atoms with van der Waals surface area (Å²) >= 11 is 0. The van der Waals surface area contributed by atoms with Crippen LogP contribution < -0.4 is 10.6 Å². The Morgan fingerprint density at radius 2 is 1.76 bits per heavy atom. The lowest BCUT2D eigenvalue weighted by Gasteiger charge is -2.41. The molecule has 1 aromatic heterocycles. The first-order valence-electron chi connectivity index (χ1n) is 16.2. The Hall–Kier alpha value is -3.63. The van der Waals surface area contributed by atoms with Gasteiger partial charge in [0.2, 0.25) is 11.8 Å². The van der Waals surface area contributed by atoms with E-state index in [-0.39, 0.29) is 24.8 Å². The summed E-state index contributed by atoms with van der Waals surface area (Å²) in [5.41, 5.74) is 4.08. The van der Waals surface area contributed by atoms with E-state index in [2.05, 4.69) is 39.3 Å². The molecule has 2 aliphatic rings. The van der Waals surface area contributed by atoms with Gasteiger partial charge in [-0.05, 0) is 47.1 Å². The van der Waals surface area contributed by atoms with E-state index < -0.39 is 30.2 Å². The van der Waals surface area contributed by atoms with Crippen LogP contribution in [0.1, 0.15) is 48.6 Å². The van der Waals surface area contributed by atoms with Gasteiger partial charge in [0.1, 0.15) is 6.04 Å². The molecule has 2 aromatic carbocycles. The third-order valence-electron chi connectivity index (χ3n) is 8.89. The minimum Gasteiger partial charge on any atom is -0.392 e. The third kappa shape index (κ3) is 8.98. The zero-order valence-electron chi connectivity index (χ0n) is 26.4. The average Bonchev–Trinajstić information content (AvgIpc) is 3.35. The molecule has 1 aliphatic heterocycles. The number of aliphatic hydroxyl groups excluding tert-OH is 2. The molecule has 1 fully saturated rings. The highest BCUT2D eigenvalue weighted by molar-refractivity contribution is 5.82. The summed E-state index contributed by atoms with van der Waals surface area (Å²) < 4.78 is 0. The van der Waals surface area contributed by atoms with E-state index in [0.717, 1.165) is 28.8 Å². The molecule has 45 heavy (non-hydrogen) atoms. The van der Waals surface area contributed by atoms with Gasteiger partial charge in [-0.2, -0.15) is 0 Å². The monoisotopic (exact) mass is 613 g/mol. The maximum atomic E-state index is 13.8. The van der Waals surface area contributed by atoms with Gasteiger partial charge in [-0.3, -0.25) is 24.4 Å². The molecule has 0 saturated carbocycles. The number of nitrogens with one attached hydrogen (secondary N) is 2. The number of piperazine rings is 1. The van der Waals surface area contributed by atoms with Crippen molar-refractivity contribution in [3.8, 4) is 0 Å². The Bertz CT molecular complexity index is 1390. The predicted molar refractivity (Wildman–Crippen MR) is 174 cm³/mol. The largest absolute Gasteiger partial charge is 0.392 e. The summed E-state index contributed by atoms with van der Waals surface area (Å²) in [5.74, 6) is -0.418. The Morgan fingerprint density at radius 3 is 2.51 bits per heavy atom. The second kappa shape index (κ2) is 15.6. The third-order valence-corrected chi connectivity index (χ3v) is 8.89. The molecular weight excluding hydrogens is 566 g/mol. The van der Waals surface area contributed by atoms with E-state index in [1.165, 1.54) is 0 Å². The molecule has 5 atom stereocenters. The number of amides is 2. The van der Waals surface area contributed by atoms with Gasteiger partial charge in [-0.1, -0.05) is 74.5 Å². The Balaban J connectivity index is 1.27. The van der Waals surface area contributed by atoms with Crippen molar-refractivity contribution in [1.82, 2.24) is 25.4 Å². The molecule has 3 aromatic rings. The molecule has 0 radical (unpaired) electrons. The molecule has 1 aliphatic carbocycles. The number of benzene rings is 2. The van der Waals surface area contributed by atoms with Crippen molar-refractivity contribution in [2.24, 2.45) is 11.8 Å². The first kappa shape index (κ1) is 32.8. The normalized spacial score (nSPS) is 21.7. The second-order valence-electron chi connectivity index (χ2n) is 13.0. The molecule has 9 nitrogen and oxygen atoms in total. The van der Waals surface area contributed by atoms with Crippen LogP contribution in [0.15, 0.2) is 79.1 Å². The predicted octanol–water partition coefficient (Wildman–Crippen LogP) is 2.72. The maximum Gasteiger partial charge on any atom is 0.238 e. The van der Waals surface area contributed by atoms with Crippen molar-refractivity contribution < 1.29 is 19.8 Å². The first-order chi connectivity index (χ1) is 21.8. The van der Waals surface area contributed by atoms with Crippen LogP contribution in [0.3, 0.4) is 0 Å². The SMILES string of the molecule is CC(C)CNC(=O)C1CN(Cc2cccnc2)CCN1C[C@@H](O)C[C@H](Cc1ccccc1)C(=O)N[C@H]1c2ccccc2C[C@H]1O. The van der Waals surface area contributed by atoms with E-state index in [1.54, 1.807) is 6.20 Å². The van der Waals surface area contributed by atoms with Crippen LogP contribution in [-0.4, -0.2) is 87.8 Å². The van der Waals surface area contributed by atoms with Crippen molar-refractivity contribution in [3.05, 3.63) is 101 Å². The molecule has 0 bridgehead atoms. The molecule has 1 unspecified atom stereocenters. The number of β-amino-alcohol motifs (C(OH)–C–C–N with tert-alkyl or cyclic N) is 1. The van der Waals surface area contributed by atoms with Gasteiger partial charge in [0.25, 0.3) is 0 Å². The van der Waals surface area contributed by atoms with E-state index in [1.807, 2.05) is 72.9 Å². The molecule has 9 heteroatoms. The van der Waals surface area contributed by atoms with Gasteiger partial charge in [-0.15, -0.1) is 0 Å². The van der Waals surface area contributed by atoms with Crippen molar-refractivity contribution in [3.63, 3.8) is 0 Å². The van der Waals surface area contributed by atoms with Gasteiger partial charge in [0.15, 0.2) is 0 Å². The Labute approximate surface area is 266 Å². The fourth-order valence-electron chi connectivity index (χ4n) is 6.53. The summed E-state index contributed by atoms with van der Waals surface area (Å²) in [7, 11) is 0. The van der Waals surface area contributed by atoms with Crippen molar-refractivity contribution >= 4 is 11.8 Å². The lowest BCUT2D eigenvalue weighted by molar-refractivity contribution is -0.131. The van der Waals surface area contributed by atoms with E-state index >= 15 is 0 Å². The topological polar surface area (TPSA) is 118 Å². The van der Waals surface area contributed by atoms with Crippen molar-refractivity contribution in [2.45, 2.75) is 63.9 Å².